The van der Waals surface area contributed by atoms with Crippen molar-refractivity contribution in [3.8, 4) is 11.4 Å². The van der Waals surface area contributed by atoms with Crippen LogP contribution in [0.3, 0.4) is 0 Å². The smallest absolute Gasteiger partial charge is 0.258 e. The fraction of sp³-hybridized carbons (Fsp3) is 0.0357. The second-order valence-corrected chi connectivity index (χ2v) is 8.13. The Kier molecular flexibility index (Phi) is 4.88. The topological polar surface area (TPSA) is 75.6 Å². The zero-order chi connectivity index (χ0) is 22.9. The lowest BCUT2D eigenvalue weighted by molar-refractivity contribution is 0.102. The summed E-state index contributed by atoms with van der Waals surface area (Å²) in [4.78, 5) is 25.6. The van der Waals surface area contributed by atoms with E-state index >= 15 is 0 Å². The van der Waals surface area contributed by atoms with Gasteiger partial charge in [-0.15, -0.1) is 0 Å². The van der Waals surface area contributed by atoms with Gasteiger partial charge in [-0.2, -0.15) is 0 Å². The number of aromatic nitrogens is 4. The third kappa shape index (κ3) is 3.71. The minimum Gasteiger partial charge on any atom is -0.324 e. The number of carbonyl (C=O) groups is 1. The van der Waals surface area contributed by atoms with Crippen molar-refractivity contribution in [1.29, 1.82) is 0 Å². The van der Waals surface area contributed by atoms with Gasteiger partial charge in [0, 0.05) is 17.7 Å². The number of hydrogen-bond donors (Lipinski definition) is 2. The van der Waals surface area contributed by atoms with Gasteiger partial charge in [-0.1, -0.05) is 72.8 Å². The molecule has 4 aromatic carbocycles. The van der Waals surface area contributed by atoms with E-state index in [0.29, 0.717) is 18.1 Å². The first kappa shape index (κ1) is 19.9. The van der Waals surface area contributed by atoms with E-state index in [-0.39, 0.29) is 5.91 Å². The van der Waals surface area contributed by atoms with Gasteiger partial charge in [-0.3, -0.25) is 10.1 Å². The second kappa shape index (κ2) is 8.33. The van der Waals surface area contributed by atoms with Crippen molar-refractivity contribution in [2.75, 3.05) is 5.32 Å². The summed E-state index contributed by atoms with van der Waals surface area (Å²) in [7, 11) is 0. The molecule has 164 valence electrons. The van der Waals surface area contributed by atoms with Crippen LogP contribution in [-0.2, 0) is 6.54 Å². The Morgan fingerprint density at radius 3 is 2.32 bits per heavy atom. The van der Waals surface area contributed by atoms with Crippen LogP contribution in [0, 0.1) is 0 Å². The van der Waals surface area contributed by atoms with E-state index in [0.717, 1.165) is 39.0 Å². The number of nitrogens with one attached hydrogen (secondary N) is 2. The standard InChI is InChI=1S/C28H21N5O/c34-27(32-28-30-22-13-7-8-14-23(22)31-28)21-15-16-24-25(17-21)33(18-19-9-3-1-4-10-19)26(29-24)20-11-5-2-6-12-20/h1-17H,18H2,(H2,30,31,32,34). The average molecular weight is 444 g/mol. The molecule has 0 aliphatic heterocycles. The summed E-state index contributed by atoms with van der Waals surface area (Å²) in [5.74, 6) is 1.07. The first-order valence-electron chi connectivity index (χ1n) is 11.1. The minimum absolute atomic E-state index is 0.227. The zero-order valence-corrected chi connectivity index (χ0v) is 18.3. The largest absolute Gasteiger partial charge is 0.324 e. The number of benzene rings is 4. The van der Waals surface area contributed by atoms with Crippen LogP contribution in [0.2, 0.25) is 0 Å². The molecular formula is C28H21N5O. The Hall–Kier alpha value is -4.71. The summed E-state index contributed by atoms with van der Waals surface area (Å²) in [6.07, 6.45) is 0. The number of anilines is 1. The van der Waals surface area contributed by atoms with Crippen molar-refractivity contribution in [1.82, 2.24) is 19.5 Å². The summed E-state index contributed by atoms with van der Waals surface area (Å²) in [5, 5.41) is 2.88. The van der Waals surface area contributed by atoms with Gasteiger partial charge in [0.15, 0.2) is 0 Å². The number of amides is 1. The molecule has 1 amide bonds. The summed E-state index contributed by atoms with van der Waals surface area (Å²) in [6, 6.07) is 33.7. The lowest BCUT2D eigenvalue weighted by Gasteiger charge is -2.10. The number of para-hydroxylation sites is 2. The fourth-order valence-electron chi connectivity index (χ4n) is 4.19. The molecule has 0 fully saturated rings. The van der Waals surface area contributed by atoms with Crippen LogP contribution in [0.1, 0.15) is 15.9 Å². The van der Waals surface area contributed by atoms with Crippen LogP contribution in [0.4, 0.5) is 5.95 Å². The molecule has 0 aliphatic carbocycles. The van der Waals surface area contributed by atoms with E-state index in [2.05, 4.69) is 44.1 Å². The molecule has 0 aliphatic rings. The van der Waals surface area contributed by atoms with Gasteiger partial charge >= 0.3 is 0 Å². The average Bonchev–Trinajstić information content (AvgIpc) is 3.45. The van der Waals surface area contributed by atoms with Crippen molar-refractivity contribution in [2.45, 2.75) is 6.54 Å². The van der Waals surface area contributed by atoms with Crippen LogP contribution in [0.5, 0.6) is 0 Å². The number of nitrogens with zero attached hydrogens (tertiary/aromatic N) is 3. The zero-order valence-electron chi connectivity index (χ0n) is 18.3. The molecule has 6 rings (SSSR count). The number of imidazole rings is 2. The summed E-state index contributed by atoms with van der Waals surface area (Å²) in [6.45, 7) is 0.649. The van der Waals surface area contributed by atoms with Crippen LogP contribution in [-0.4, -0.2) is 25.4 Å². The Morgan fingerprint density at radius 1 is 0.794 bits per heavy atom. The highest BCUT2D eigenvalue weighted by Gasteiger charge is 2.16. The van der Waals surface area contributed by atoms with Crippen molar-refractivity contribution in [3.05, 3.63) is 114 Å². The third-order valence-electron chi connectivity index (χ3n) is 5.85. The van der Waals surface area contributed by atoms with Crippen molar-refractivity contribution < 1.29 is 4.79 Å². The Balaban J connectivity index is 1.40. The highest BCUT2D eigenvalue weighted by atomic mass is 16.1. The fourth-order valence-corrected chi connectivity index (χ4v) is 4.19. The van der Waals surface area contributed by atoms with Gasteiger partial charge in [-0.05, 0) is 35.9 Å². The molecule has 0 spiro atoms. The Labute approximate surface area is 195 Å². The number of fused-ring (bicyclic) bond motifs is 2. The normalized spacial score (nSPS) is 11.2. The first-order valence-corrected chi connectivity index (χ1v) is 11.1. The summed E-state index contributed by atoms with van der Waals surface area (Å²) in [5.41, 5.74) is 6.17. The van der Waals surface area contributed by atoms with E-state index < -0.39 is 0 Å². The van der Waals surface area contributed by atoms with Crippen molar-refractivity contribution in [2.24, 2.45) is 0 Å². The maximum atomic E-state index is 13.1. The van der Waals surface area contributed by atoms with E-state index in [1.54, 1.807) is 6.07 Å². The predicted octanol–water partition coefficient (Wildman–Crippen LogP) is 5.88. The van der Waals surface area contributed by atoms with Crippen LogP contribution < -0.4 is 5.32 Å². The van der Waals surface area contributed by atoms with Crippen LogP contribution >= 0.6 is 0 Å². The van der Waals surface area contributed by atoms with Crippen molar-refractivity contribution >= 4 is 33.9 Å². The lowest BCUT2D eigenvalue weighted by atomic mass is 10.1. The number of hydrogen-bond acceptors (Lipinski definition) is 3. The number of rotatable bonds is 5. The molecule has 0 saturated carbocycles. The van der Waals surface area contributed by atoms with E-state index in [1.165, 1.54) is 0 Å². The molecule has 34 heavy (non-hydrogen) atoms. The molecule has 0 atom stereocenters. The highest BCUT2D eigenvalue weighted by Crippen LogP contribution is 2.27. The summed E-state index contributed by atoms with van der Waals surface area (Å²) < 4.78 is 2.16. The predicted molar refractivity (Wildman–Crippen MR) is 135 cm³/mol. The molecule has 2 heterocycles. The second-order valence-electron chi connectivity index (χ2n) is 8.13. The molecule has 0 saturated heterocycles. The van der Waals surface area contributed by atoms with E-state index in [1.807, 2.05) is 72.8 Å². The maximum absolute atomic E-state index is 13.1. The molecule has 6 aromatic rings. The molecule has 2 aromatic heterocycles. The highest BCUT2D eigenvalue weighted by molar-refractivity contribution is 6.05. The molecule has 2 N–H and O–H groups in total. The van der Waals surface area contributed by atoms with Gasteiger partial charge in [0.1, 0.15) is 5.82 Å². The minimum atomic E-state index is -0.227. The SMILES string of the molecule is O=C(Nc1nc2ccccc2[nH]1)c1ccc2nc(-c3ccccc3)n(Cc3ccccc3)c2c1. The van der Waals surface area contributed by atoms with Gasteiger partial charge in [0.05, 0.1) is 22.1 Å². The Bertz CT molecular complexity index is 1580. The van der Waals surface area contributed by atoms with Crippen molar-refractivity contribution in [3.63, 3.8) is 0 Å². The quantitative estimate of drug-likeness (QED) is 0.349. The molecule has 6 nitrogen and oxygen atoms in total. The van der Waals surface area contributed by atoms with Gasteiger partial charge in [0.25, 0.3) is 5.91 Å². The number of H-pyrrole nitrogens is 1. The van der Waals surface area contributed by atoms with Gasteiger partial charge in [-0.25, -0.2) is 9.97 Å². The summed E-state index contributed by atoms with van der Waals surface area (Å²) >= 11 is 0. The van der Waals surface area contributed by atoms with E-state index in [9.17, 15) is 4.79 Å². The number of carbonyl (C=O) groups excluding carboxylic acids is 1. The molecule has 0 radical (unpaired) electrons. The van der Waals surface area contributed by atoms with Crippen LogP contribution in [0.15, 0.2) is 103 Å². The number of aromatic amines is 1. The van der Waals surface area contributed by atoms with Crippen LogP contribution in [0.25, 0.3) is 33.5 Å². The maximum Gasteiger partial charge on any atom is 0.258 e. The monoisotopic (exact) mass is 443 g/mol. The molecule has 0 unspecified atom stereocenters. The third-order valence-corrected chi connectivity index (χ3v) is 5.85. The van der Waals surface area contributed by atoms with Gasteiger partial charge in [0.2, 0.25) is 5.95 Å². The first-order chi connectivity index (χ1) is 16.7. The molecule has 0 bridgehead atoms. The van der Waals surface area contributed by atoms with Gasteiger partial charge < -0.3 is 9.55 Å². The lowest BCUT2D eigenvalue weighted by Crippen LogP contribution is -2.13. The molecular weight excluding hydrogens is 422 g/mol. The Morgan fingerprint density at radius 2 is 1.53 bits per heavy atom. The molecule has 6 heteroatoms. The van der Waals surface area contributed by atoms with E-state index in [4.69, 9.17) is 4.98 Å².